The van der Waals surface area contributed by atoms with Crippen LogP contribution in [-0.4, -0.2) is 54.1 Å². The molecule has 0 radical (unpaired) electrons. The molecule has 0 bridgehead atoms. The highest BCUT2D eigenvalue weighted by atomic mass is 15.3. The van der Waals surface area contributed by atoms with Crippen molar-refractivity contribution in [2.75, 3.05) is 32.1 Å². The molecular formula is C14H25N5. The van der Waals surface area contributed by atoms with Crippen LogP contribution in [-0.2, 0) is 6.42 Å². The summed E-state index contributed by atoms with van der Waals surface area (Å²) in [4.78, 5) is 13.5. The van der Waals surface area contributed by atoms with Crippen LogP contribution in [0.15, 0.2) is 12.4 Å². The molecule has 5 heteroatoms. The second-order valence-electron chi connectivity index (χ2n) is 5.72. The molecule has 106 valence electrons. The van der Waals surface area contributed by atoms with Crippen molar-refractivity contribution in [3.8, 4) is 0 Å². The van der Waals surface area contributed by atoms with Crippen molar-refractivity contribution in [2.24, 2.45) is 5.73 Å². The molecule has 0 aromatic carbocycles. The summed E-state index contributed by atoms with van der Waals surface area (Å²) in [6.45, 7) is 4.30. The number of nitrogens with two attached hydrogens (primary N) is 1. The lowest BCUT2D eigenvalue weighted by Gasteiger charge is -2.35. The van der Waals surface area contributed by atoms with Crippen LogP contribution in [0.5, 0.6) is 0 Å². The van der Waals surface area contributed by atoms with Gasteiger partial charge in [0.2, 0.25) is 5.95 Å². The summed E-state index contributed by atoms with van der Waals surface area (Å²) in [6, 6.07) is 0.705. The van der Waals surface area contributed by atoms with Crippen molar-refractivity contribution in [3.63, 3.8) is 0 Å². The van der Waals surface area contributed by atoms with Crippen molar-refractivity contribution in [2.45, 2.75) is 38.3 Å². The van der Waals surface area contributed by atoms with Gasteiger partial charge in [0.05, 0.1) is 0 Å². The van der Waals surface area contributed by atoms with Gasteiger partial charge < -0.3 is 15.5 Å². The SMILES string of the molecule is CC(N)Cc1cnc(N(C)C2CCN(C)CC2)nc1. The molecule has 1 aliphatic heterocycles. The minimum absolute atomic E-state index is 0.154. The monoisotopic (exact) mass is 263 g/mol. The lowest BCUT2D eigenvalue weighted by atomic mass is 10.0. The Hall–Kier alpha value is -1.20. The number of likely N-dealkylation sites (tertiary alicyclic amines) is 1. The lowest BCUT2D eigenvalue weighted by molar-refractivity contribution is 0.252. The fraction of sp³-hybridized carbons (Fsp3) is 0.714. The fourth-order valence-corrected chi connectivity index (χ4v) is 2.55. The topological polar surface area (TPSA) is 58.3 Å². The number of hydrogen-bond donors (Lipinski definition) is 1. The van der Waals surface area contributed by atoms with Crippen LogP contribution in [0.3, 0.4) is 0 Å². The summed E-state index contributed by atoms with van der Waals surface area (Å²) in [5.74, 6) is 0.822. The van der Waals surface area contributed by atoms with E-state index in [0.717, 1.165) is 31.0 Å². The molecule has 0 spiro atoms. The van der Waals surface area contributed by atoms with Crippen LogP contribution in [0.25, 0.3) is 0 Å². The molecule has 1 aromatic rings. The zero-order valence-electron chi connectivity index (χ0n) is 12.2. The van der Waals surface area contributed by atoms with Gasteiger partial charge >= 0.3 is 0 Å². The van der Waals surface area contributed by atoms with Gasteiger partial charge in [-0.3, -0.25) is 0 Å². The molecule has 0 aliphatic carbocycles. The van der Waals surface area contributed by atoms with Gasteiger partial charge in [0.15, 0.2) is 0 Å². The molecule has 2 N–H and O–H groups in total. The van der Waals surface area contributed by atoms with Crippen LogP contribution in [0.1, 0.15) is 25.3 Å². The summed E-state index contributed by atoms with van der Waals surface area (Å²) in [5, 5.41) is 0. The van der Waals surface area contributed by atoms with E-state index in [1.165, 1.54) is 12.8 Å². The summed E-state index contributed by atoms with van der Waals surface area (Å²) in [7, 11) is 4.27. The van der Waals surface area contributed by atoms with Crippen LogP contribution in [0.2, 0.25) is 0 Å². The molecule has 0 amide bonds. The second kappa shape index (κ2) is 6.30. The predicted octanol–water partition coefficient (Wildman–Crippen LogP) is 0.897. The Labute approximate surface area is 115 Å². The van der Waals surface area contributed by atoms with E-state index in [1.54, 1.807) is 0 Å². The lowest BCUT2D eigenvalue weighted by Crippen LogP contribution is -2.42. The van der Waals surface area contributed by atoms with Gasteiger partial charge in [-0.2, -0.15) is 0 Å². The second-order valence-corrected chi connectivity index (χ2v) is 5.72. The van der Waals surface area contributed by atoms with Gasteiger partial charge in [-0.15, -0.1) is 0 Å². The van der Waals surface area contributed by atoms with Crippen molar-refractivity contribution in [3.05, 3.63) is 18.0 Å². The fourth-order valence-electron chi connectivity index (χ4n) is 2.55. The van der Waals surface area contributed by atoms with Gasteiger partial charge in [-0.05, 0) is 51.9 Å². The highest BCUT2D eigenvalue weighted by molar-refractivity contribution is 5.30. The number of hydrogen-bond acceptors (Lipinski definition) is 5. The largest absolute Gasteiger partial charge is 0.341 e. The summed E-state index contributed by atoms with van der Waals surface area (Å²) in [5.41, 5.74) is 6.89. The average molecular weight is 263 g/mol. The van der Waals surface area contributed by atoms with Gasteiger partial charge in [0, 0.05) is 31.5 Å². The van der Waals surface area contributed by atoms with E-state index in [4.69, 9.17) is 5.73 Å². The summed E-state index contributed by atoms with van der Waals surface area (Å²) >= 11 is 0. The molecule has 2 heterocycles. The maximum Gasteiger partial charge on any atom is 0.225 e. The van der Waals surface area contributed by atoms with Gasteiger partial charge in [0.1, 0.15) is 0 Å². The first kappa shape index (κ1) is 14.2. The van der Waals surface area contributed by atoms with Crippen molar-refractivity contribution < 1.29 is 0 Å². The zero-order chi connectivity index (χ0) is 13.8. The molecule has 19 heavy (non-hydrogen) atoms. The molecule has 1 saturated heterocycles. The summed E-state index contributed by atoms with van der Waals surface area (Å²) in [6.07, 6.45) is 6.99. The minimum Gasteiger partial charge on any atom is -0.341 e. The first-order valence-electron chi connectivity index (χ1n) is 7.04. The smallest absolute Gasteiger partial charge is 0.225 e. The number of rotatable bonds is 4. The first-order valence-corrected chi connectivity index (χ1v) is 7.04. The number of nitrogens with zero attached hydrogens (tertiary/aromatic N) is 4. The van der Waals surface area contributed by atoms with Crippen LogP contribution >= 0.6 is 0 Å². The maximum atomic E-state index is 5.78. The van der Waals surface area contributed by atoms with E-state index < -0.39 is 0 Å². The van der Waals surface area contributed by atoms with Crippen LogP contribution in [0, 0.1) is 0 Å². The quantitative estimate of drug-likeness (QED) is 0.874. The van der Waals surface area contributed by atoms with E-state index in [-0.39, 0.29) is 6.04 Å². The zero-order valence-corrected chi connectivity index (χ0v) is 12.2. The Bertz CT molecular complexity index is 381. The molecule has 1 aliphatic rings. The predicted molar refractivity (Wildman–Crippen MR) is 78.3 cm³/mol. The highest BCUT2D eigenvalue weighted by Crippen LogP contribution is 2.18. The molecule has 1 atom stereocenters. The maximum absolute atomic E-state index is 5.78. The van der Waals surface area contributed by atoms with Crippen LogP contribution in [0.4, 0.5) is 5.95 Å². The Morgan fingerprint density at radius 2 is 1.95 bits per heavy atom. The van der Waals surface area contributed by atoms with Crippen LogP contribution < -0.4 is 10.6 Å². The Balaban J connectivity index is 1.97. The van der Waals surface area contributed by atoms with E-state index in [2.05, 4.69) is 33.9 Å². The average Bonchev–Trinajstić information content (AvgIpc) is 2.39. The number of aromatic nitrogens is 2. The van der Waals surface area contributed by atoms with Gasteiger partial charge in [-0.25, -0.2) is 9.97 Å². The Kier molecular flexibility index (Phi) is 4.71. The molecule has 1 unspecified atom stereocenters. The molecule has 1 aromatic heterocycles. The highest BCUT2D eigenvalue weighted by Gasteiger charge is 2.22. The van der Waals surface area contributed by atoms with Gasteiger partial charge in [0.25, 0.3) is 0 Å². The van der Waals surface area contributed by atoms with Crippen molar-refractivity contribution in [1.82, 2.24) is 14.9 Å². The normalized spacial score (nSPS) is 19.4. The van der Waals surface area contributed by atoms with E-state index in [1.807, 2.05) is 19.3 Å². The molecule has 2 rings (SSSR count). The molecule has 0 saturated carbocycles. The third-order valence-electron chi connectivity index (χ3n) is 3.80. The van der Waals surface area contributed by atoms with E-state index in [0.29, 0.717) is 6.04 Å². The van der Waals surface area contributed by atoms with Crippen molar-refractivity contribution >= 4 is 5.95 Å². The third kappa shape index (κ3) is 3.88. The first-order chi connectivity index (χ1) is 9.06. The minimum atomic E-state index is 0.154. The standard InChI is InChI=1S/C14H25N5/c1-11(15)8-12-9-16-14(17-10-12)19(3)13-4-6-18(2)7-5-13/h9-11,13H,4-8,15H2,1-3H3. The molecular weight excluding hydrogens is 238 g/mol. The number of anilines is 1. The summed E-state index contributed by atoms with van der Waals surface area (Å²) < 4.78 is 0. The molecule has 5 nitrogen and oxygen atoms in total. The van der Waals surface area contributed by atoms with Crippen molar-refractivity contribution in [1.29, 1.82) is 0 Å². The number of piperidine rings is 1. The molecule has 1 fully saturated rings. The Morgan fingerprint density at radius 3 is 2.47 bits per heavy atom. The van der Waals surface area contributed by atoms with Gasteiger partial charge in [-0.1, -0.05) is 0 Å². The van der Waals surface area contributed by atoms with E-state index >= 15 is 0 Å². The third-order valence-corrected chi connectivity index (χ3v) is 3.80. The Morgan fingerprint density at radius 1 is 1.37 bits per heavy atom. The van der Waals surface area contributed by atoms with E-state index in [9.17, 15) is 0 Å².